The Labute approximate surface area is 140 Å². The van der Waals surface area contributed by atoms with Crippen molar-refractivity contribution in [2.45, 2.75) is 55.3 Å². The van der Waals surface area contributed by atoms with Gasteiger partial charge in [-0.1, -0.05) is 34.9 Å². The van der Waals surface area contributed by atoms with Crippen molar-refractivity contribution in [1.29, 1.82) is 0 Å². The van der Waals surface area contributed by atoms with Gasteiger partial charge in [0.15, 0.2) is 0 Å². The second-order valence-electron chi connectivity index (χ2n) is 5.00. The highest BCUT2D eigenvalue weighted by atomic mass is 79.9. The molecule has 5 heteroatoms. The lowest BCUT2D eigenvalue weighted by Gasteiger charge is -2.28. The summed E-state index contributed by atoms with van der Waals surface area (Å²) in [5.74, 6) is 2.42. The third kappa shape index (κ3) is 4.93. The van der Waals surface area contributed by atoms with Crippen molar-refractivity contribution < 1.29 is 9.84 Å². The van der Waals surface area contributed by atoms with Crippen LogP contribution in [0.3, 0.4) is 0 Å². The monoisotopic (exact) mass is 382 g/mol. The summed E-state index contributed by atoms with van der Waals surface area (Å²) in [5, 5.41) is 10.4. The average molecular weight is 384 g/mol. The topological polar surface area (TPSA) is 29.5 Å². The standard InChI is InChI=1S/C15H21BrCl2O2/c1-3-5-6-7-11(17)14-8-12(18)15(19)10(9-16)13(4-2)20-14/h1,5-6,10-15,19H,4,7-9H2,2H3/b6-5+. The average Bonchev–Trinajstić information content (AvgIpc) is 2.56. The SMILES string of the molecule is C#C/C=C/CC(Cl)C1CC(Cl)C(O)C(CBr)C(CC)O1. The lowest BCUT2D eigenvalue weighted by Crippen LogP contribution is -2.37. The Morgan fingerprint density at radius 3 is 2.85 bits per heavy atom. The van der Waals surface area contributed by atoms with E-state index in [0.717, 1.165) is 6.42 Å². The second kappa shape index (κ2) is 9.33. The van der Waals surface area contributed by atoms with Gasteiger partial charge in [-0.15, -0.1) is 29.6 Å². The number of terminal acetylenes is 1. The van der Waals surface area contributed by atoms with E-state index in [-0.39, 0.29) is 28.9 Å². The number of alkyl halides is 3. The first kappa shape index (κ1) is 18.3. The van der Waals surface area contributed by atoms with Crippen LogP contribution in [0.15, 0.2) is 12.2 Å². The van der Waals surface area contributed by atoms with Gasteiger partial charge in [-0.2, -0.15) is 0 Å². The summed E-state index contributed by atoms with van der Waals surface area (Å²) in [6.45, 7) is 2.04. The van der Waals surface area contributed by atoms with Crippen molar-refractivity contribution >= 4 is 39.1 Å². The van der Waals surface area contributed by atoms with E-state index in [1.807, 2.05) is 13.0 Å². The van der Waals surface area contributed by atoms with E-state index in [4.69, 9.17) is 34.4 Å². The molecule has 0 radical (unpaired) electrons. The molecule has 0 amide bonds. The molecule has 0 aliphatic carbocycles. The quantitative estimate of drug-likeness (QED) is 0.579. The molecule has 0 aromatic heterocycles. The summed E-state index contributed by atoms with van der Waals surface area (Å²) in [4.78, 5) is 0. The van der Waals surface area contributed by atoms with Crippen LogP contribution in [0.4, 0.5) is 0 Å². The predicted octanol–water partition coefficient (Wildman–Crippen LogP) is 3.72. The highest BCUT2D eigenvalue weighted by molar-refractivity contribution is 9.09. The maximum Gasteiger partial charge on any atom is 0.0765 e. The van der Waals surface area contributed by atoms with Crippen LogP contribution in [0.2, 0.25) is 0 Å². The van der Waals surface area contributed by atoms with Crippen molar-refractivity contribution in [2.75, 3.05) is 5.33 Å². The van der Waals surface area contributed by atoms with Crippen LogP contribution in [0.1, 0.15) is 26.2 Å². The molecule has 114 valence electrons. The molecule has 0 bridgehead atoms. The van der Waals surface area contributed by atoms with Gasteiger partial charge < -0.3 is 9.84 Å². The summed E-state index contributed by atoms with van der Waals surface area (Å²) in [7, 11) is 0. The molecule has 1 fully saturated rings. The normalized spacial score (nSPS) is 36.5. The van der Waals surface area contributed by atoms with Crippen LogP contribution in [0.5, 0.6) is 0 Å². The van der Waals surface area contributed by atoms with Crippen LogP contribution in [0, 0.1) is 18.3 Å². The van der Waals surface area contributed by atoms with Crippen molar-refractivity contribution in [2.24, 2.45) is 5.92 Å². The molecule has 1 heterocycles. The van der Waals surface area contributed by atoms with Crippen molar-refractivity contribution in [3.63, 3.8) is 0 Å². The number of halogens is 3. The van der Waals surface area contributed by atoms with E-state index >= 15 is 0 Å². The maximum absolute atomic E-state index is 10.3. The van der Waals surface area contributed by atoms with Gasteiger partial charge in [0.25, 0.3) is 0 Å². The third-order valence-electron chi connectivity index (χ3n) is 3.65. The molecule has 0 aromatic rings. The molecule has 0 saturated carbocycles. The van der Waals surface area contributed by atoms with Crippen LogP contribution in [-0.2, 0) is 4.74 Å². The molecule has 6 atom stereocenters. The third-order valence-corrected chi connectivity index (χ3v) is 5.30. The zero-order valence-electron chi connectivity index (χ0n) is 11.5. The van der Waals surface area contributed by atoms with Crippen LogP contribution in [0.25, 0.3) is 0 Å². The number of ether oxygens (including phenoxy) is 1. The molecule has 2 nitrogen and oxygen atoms in total. The first-order chi connectivity index (χ1) is 9.54. The largest absolute Gasteiger partial charge is 0.391 e. The van der Waals surface area contributed by atoms with Gasteiger partial charge in [0.05, 0.1) is 29.1 Å². The Hall–Kier alpha value is 0.280. The number of hydrogen-bond acceptors (Lipinski definition) is 2. The lowest BCUT2D eigenvalue weighted by molar-refractivity contribution is -0.0447. The summed E-state index contributed by atoms with van der Waals surface area (Å²) < 4.78 is 6.11. The van der Waals surface area contributed by atoms with Crippen LogP contribution < -0.4 is 0 Å². The first-order valence-electron chi connectivity index (χ1n) is 6.83. The molecule has 1 aliphatic heterocycles. The lowest BCUT2D eigenvalue weighted by atomic mass is 9.93. The van der Waals surface area contributed by atoms with Gasteiger partial charge in [0.2, 0.25) is 0 Å². The Morgan fingerprint density at radius 1 is 1.60 bits per heavy atom. The fourth-order valence-corrected chi connectivity index (χ4v) is 3.90. The second-order valence-corrected chi connectivity index (χ2v) is 6.77. The molecule has 6 unspecified atom stereocenters. The highest BCUT2D eigenvalue weighted by Crippen LogP contribution is 2.33. The Bertz CT molecular complexity index is 356. The molecule has 1 N–H and O–H groups in total. The fraction of sp³-hybridized carbons (Fsp3) is 0.733. The van der Waals surface area contributed by atoms with Gasteiger partial charge in [-0.3, -0.25) is 0 Å². The fourth-order valence-electron chi connectivity index (χ4n) is 2.47. The first-order valence-corrected chi connectivity index (χ1v) is 8.83. The summed E-state index contributed by atoms with van der Waals surface area (Å²) >= 11 is 16.1. The molecule has 0 spiro atoms. The number of hydrogen-bond donors (Lipinski definition) is 1. The Kier molecular flexibility index (Phi) is 8.55. The summed E-state index contributed by atoms with van der Waals surface area (Å²) in [5.41, 5.74) is 0. The number of allylic oxidation sites excluding steroid dienone is 2. The van der Waals surface area contributed by atoms with Crippen molar-refractivity contribution in [3.05, 3.63) is 12.2 Å². The van der Waals surface area contributed by atoms with Crippen molar-refractivity contribution in [1.82, 2.24) is 0 Å². The summed E-state index contributed by atoms with van der Waals surface area (Å²) in [6.07, 6.45) is 9.84. The van der Waals surface area contributed by atoms with Crippen molar-refractivity contribution in [3.8, 4) is 12.3 Å². The Balaban J connectivity index is 2.78. The van der Waals surface area contributed by atoms with Gasteiger partial charge in [-0.25, -0.2) is 0 Å². The smallest absolute Gasteiger partial charge is 0.0765 e. The maximum atomic E-state index is 10.3. The van der Waals surface area contributed by atoms with Gasteiger partial charge in [-0.05, 0) is 25.3 Å². The van der Waals surface area contributed by atoms with E-state index in [9.17, 15) is 5.11 Å². The molecular weight excluding hydrogens is 363 g/mol. The Morgan fingerprint density at radius 2 is 2.30 bits per heavy atom. The predicted molar refractivity (Wildman–Crippen MR) is 88.7 cm³/mol. The number of aliphatic hydroxyl groups excluding tert-OH is 1. The van der Waals surface area contributed by atoms with Gasteiger partial charge >= 0.3 is 0 Å². The zero-order valence-corrected chi connectivity index (χ0v) is 14.6. The zero-order chi connectivity index (χ0) is 15.1. The van der Waals surface area contributed by atoms with E-state index in [1.54, 1.807) is 6.08 Å². The molecule has 1 aliphatic rings. The van der Waals surface area contributed by atoms with E-state index in [1.165, 1.54) is 0 Å². The number of rotatable bonds is 5. The van der Waals surface area contributed by atoms with Gasteiger partial charge in [0.1, 0.15) is 0 Å². The van der Waals surface area contributed by atoms with E-state index < -0.39 is 6.10 Å². The number of aliphatic hydroxyl groups is 1. The molecular formula is C15H21BrCl2O2. The van der Waals surface area contributed by atoms with E-state index in [0.29, 0.717) is 18.2 Å². The summed E-state index contributed by atoms with van der Waals surface area (Å²) in [6, 6.07) is 0. The van der Waals surface area contributed by atoms with Crippen LogP contribution in [-0.4, -0.2) is 39.5 Å². The highest BCUT2D eigenvalue weighted by Gasteiger charge is 2.40. The molecule has 1 rings (SSSR count). The molecule has 1 saturated heterocycles. The minimum Gasteiger partial charge on any atom is -0.391 e. The van der Waals surface area contributed by atoms with Crippen LogP contribution >= 0.6 is 39.1 Å². The minimum absolute atomic E-state index is 0.0161. The van der Waals surface area contributed by atoms with Gasteiger partial charge in [0, 0.05) is 11.2 Å². The molecule has 0 aromatic carbocycles. The minimum atomic E-state index is -0.587. The van der Waals surface area contributed by atoms with E-state index in [2.05, 4.69) is 21.9 Å². The molecule has 20 heavy (non-hydrogen) atoms.